The number of nitrogens with zero attached hydrogens (tertiary/aromatic N) is 1. The predicted molar refractivity (Wildman–Crippen MR) is 90.4 cm³/mol. The van der Waals surface area contributed by atoms with E-state index in [1.165, 1.54) is 12.8 Å². The first kappa shape index (κ1) is 16.5. The van der Waals surface area contributed by atoms with Crippen LogP contribution in [0.15, 0.2) is 30.3 Å². The number of aromatic nitrogens is 1. The first-order valence-corrected chi connectivity index (χ1v) is 8.13. The summed E-state index contributed by atoms with van der Waals surface area (Å²) < 4.78 is 5.48. The van der Waals surface area contributed by atoms with Crippen molar-refractivity contribution in [2.45, 2.75) is 51.9 Å². The van der Waals surface area contributed by atoms with E-state index in [0.29, 0.717) is 5.78 Å². The van der Waals surface area contributed by atoms with Gasteiger partial charge < -0.3 is 9.53 Å². The summed E-state index contributed by atoms with van der Waals surface area (Å²) in [6.07, 6.45) is 7.39. The maximum absolute atomic E-state index is 10.9. The SMILES string of the molecule is COc1cc(CCCCCCCC(C)=O)nc2ccccc12. The van der Waals surface area contributed by atoms with Crippen molar-refractivity contribution in [2.24, 2.45) is 0 Å². The zero-order chi connectivity index (χ0) is 15.8. The number of carbonyl (C=O) groups excluding carboxylic acids is 1. The Morgan fingerprint density at radius 2 is 1.82 bits per heavy atom. The molecule has 0 saturated carbocycles. The molecule has 0 bridgehead atoms. The van der Waals surface area contributed by atoms with E-state index in [0.717, 1.165) is 54.5 Å². The number of aryl methyl sites for hydroxylation is 1. The van der Waals surface area contributed by atoms with Crippen LogP contribution < -0.4 is 4.74 Å². The van der Waals surface area contributed by atoms with Crippen molar-refractivity contribution in [1.29, 1.82) is 0 Å². The molecule has 0 atom stereocenters. The number of fused-ring (bicyclic) bond motifs is 1. The van der Waals surface area contributed by atoms with Crippen LogP contribution in [0.1, 0.15) is 51.1 Å². The molecular formula is C19H25NO2. The molecule has 2 rings (SSSR count). The van der Waals surface area contributed by atoms with E-state index in [1.807, 2.05) is 24.3 Å². The standard InChI is InChI=1S/C19H25NO2/c1-15(21)10-6-4-3-5-7-11-16-14-19(22-2)17-12-8-9-13-18(17)20-16/h8-9,12-14H,3-7,10-11H2,1-2H3. The fourth-order valence-electron chi connectivity index (χ4n) is 2.70. The van der Waals surface area contributed by atoms with Crippen LogP contribution in [0.4, 0.5) is 0 Å². The number of Topliss-reactive ketones (excluding diaryl/α,β-unsaturated/α-hetero) is 1. The molecule has 0 saturated heterocycles. The first-order valence-electron chi connectivity index (χ1n) is 8.13. The number of methoxy groups -OCH3 is 1. The van der Waals surface area contributed by atoms with Crippen LogP contribution in [0.25, 0.3) is 10.9 Å². The molecule has 2 aromatic rings. The van der Waals surface area contributed by atoms with Gasteiger partial charge in [0.1, 0.15) is 11.5 Å². The first-order chi connectivity index (χ1) is 10.7. The zero-order valence-corrected chi connectivity index (χ0v) is 13.6. The second-order valence-electron chi connectivity index (χ2n) is 5.80. The summed E-state index contributed by atoms with van der Waals surface area (Å²) >= 11 is 0. The minimum absolute atomic E-state index is 0.299. The molecule has 0 aliphatic rings. The monoisotopic (exact) mass is 299 g/mol. The second kappa shape index (κ2) is 8.52. The van der Waals surface area contributed by atoms with Crippen LogP contribution in [0.5, 0.6) is 5.75 Å². The van der Waals surface area contributed by atoms with Gasteiger partial charge in [0.05, 0.1) is 12.6 Å². The predicted octanol–water partition coefficient (Wildman–Crippen LogP) is 4.72. The molecular weight excluding hydrogens is 274 g/mol. The molecule has 3 nitrogen and oxygen atoms in total. The van der Waals surface area contributed by atoms with E-state index in [-0.39, 0.29) is 0 Å². The number of carbonyl (C=O) groups is 1. The Morgan fingerprint density at radius 3 is 2.59 bits per heavy atom. The van der Waals surface area contributed by atoms with Gasteiger partial charge in [-0.05, 0) is 38.3 Å². The third-order valence-corrected chi connectivity index (χ3v) is 3.91. The lowest BCUT2D eigenvalue weighted by Crippen LogP contribution is -1.95. The van der Waals surface area contributed by atoms with Crippen molar-refractivity contribution in [3.05, 3.63) is 36.0 Å². The van der Waals surface area contributed by atoms with Gasteiger partial charge in [0, 0.05) is 23.6 Å². The number of hydrogen-bond acceptors (Lipinski definition) is 3. The van der Waals surface area contributed by atoms with Crippen LogP contribution in [-0.4, -0.2) is 17.9 Å². The Balaban J connectivity index is 1.83. The molecule has 0 N–H and O–H groups in total. The smallest absolute Gasteiger partial charge is 0.130 e. The van der Waals surface area contributed by atoms with E-state index in [4.69, 9.17) is 9.72 Å². The number of pyridine rings is 1. The number of rotatable bonds is 9. The highest BCUT2D eigenvalue weighted by Crippen LogP contribution is 2.25. The second-order valence-corrected chi connectivity index (χ2v) is 5.80. The van der Waals surface area contributed by atoms with Gasteiger partial charge in [-0.25, -0.2) is 0 Å². The van der Waals surface area contributed by atoms with Crippen molar-refractivity contribution >= 4 is 16.7 Å². The highest BCUT2D eigenvalue weighted by molar-refractivity contribution is 5.85. The van der Waals surface area contributed by atoms with E-state index >= 15 is 0 Å². The number of benzene rings is 1. The summed E-state index contributed by atoms with van der Waals surface area (Å²) in [4.78, 5) is 15.6. The zero-order valence-electron chi connectivity index (χ0n) is 13.6. The lowest BCUT2D eigenvalue weighted by atomic mass is 10.1. The Bertz CT molecular complexity index is 622. The van der Waals surface area contributed by atoms with Crippen molar-refractivity contribution < 1.29 is 9.53 Å². The Kier molecular flexibility index (Phi) is 6.38. The Labute approximate surface area is 132 Å². The van der Waals surface area contributed by atoms with E-state index in [9.17, 15) is 4.79 Å². The summed E-state index contributed by atoms with van der Waals surface area (Å²) in [5.74, 6) is 1.20. The number of hydrogen-bond donors (Lipinski definition) is 0. The van der Waals surface area contributed by atoms with Gasteiger partial charge in [-0.2, -0.15) is 0 Å². The maximum Gasteiger partial charge on any atom is 0.130 e. The molecule has 1 aromatic carbocycles. The Morgan fingerprint density at radius 1 is 1.09 bits per heavy atom. The summed E-state index contributed by atoms with van der Waals surface area (Å²) in [5, 5.41) is 1.07. The normalized spacial score (nSPS) is 10.8. The minimum Gasteiger partial charge on any atom is -0.496 e. The van der Waals surface area contributed by atoms with Crippen molar-refractivity contribution in [1.82, 2.24) is 4.98 Å². The molecule has 0 spiro atoms. The van der Waals surface area contributed by atoms with Crippen LogP contribution in [-0.2, 0) is 11.2 Å². The van der Waals surface area contributed by atoms with Crippen LogP contribution in [0.3, 0.4) is 0 Å². The summed E-state index contributed by atoms with van der Waals surface area (Å²) in [6, 6.07) is 10.1. The van der Waals surface area contributed by atoms with Crippen LogP contribution >= 0.6 is 0 Å². The van der Waals surface area contributed by atoms with Gasteiger partial charge in [0.25, 0.3) is 0 Å². The highest BCUT2D eigenvalue weighted by atomic mass is 16.5. The molecule has 1 aromatic heterocycles. The van der Waals surface area contributed by atoms with Gasteiger partial charge in [-0.15, -0.1) is 0 Å². The van der Waals surface area contributed by atoms with Crippen molar-refractivity contribution in [3.63, 3.8) is 0 Å². The molecule has 0 amide bonds. The minimum atomic E-state index is 0.299. The fourth-order valence-corrected chi connectivity index (χ4v) is 2.70. The third-order valence-electron chi connectivity index (χ3n) is 3.91. The molecule has 0 fully saturated rings. The van der Waals surface area contributed by atoms with Gasteiger partial charge in [-0.1, -0.05) is 31.4 Å². The fraction of sp³-hybridized carbons (Fsp3) is 0.474. The molecule has 0 aliphatic carbocycles. The molecule has 1 heterocycles. The molecule has 0 unspecified atom stereocenters. The molecule has 118 valence electrons. The maximum atomic E-state index is 10.9. The van der Waals surface area contributed by atoms with Crippen molar-refractivity contribution in [3.8, 4) is 5.75 Å². The quantitative estimate of drug-likeness (QED) is 0.629. The van der Waals surface area contributed by atoms with Gasteiger partial charge in [0.2, 0.25) is 0 Å². The van der Waals surface area contributed by atoms with Crippen LogP contribution in [0.2, 0.25) is 0 Å². The number of unbranched alkanes of at least 4 members (excludes halogenated alkanes) is 4. The summed E-state index contributed by atoms with van der Waals surface area (Å²) in [7, 11) is 1.71. The third kappa shape index (κ3) is 4.83. The number of ketones is 1. The van der Waals surface area contributed by atoms with Crippen LogP contribution in [0, 0.1) is 0 Å². The van der Waals surface area contributed by atoms with Gasteiger partial charge in [0.15, 0.2) is 0 Å². The Hall–Kier alpha value is -1.90. The average molecular weight is 299 g/mol. The highest BCUT2D eigenvalue weighted by Gasteiger charge is 2.05. The van der Waals surface area contributed by atoms with Gasteiger partial charge in [-0.3, -0.25) is 4.98 Å². The van der Waals surface area contributed by atoms with E-state index in [2.05, 4.69) is 6.07 Å². The molecule has 0 aliphatic heterocycles. The number of ether oxygens (including phenoxy) is 1. The van der Waals surface area contributed by atoms with E-state index in [1.54, 1.807) is 14.0 Å². The molecule has 3 heteroatoms. The molecule has 0 radical (unpaired) electrons. The summed E-state index contributed by atoms with van der Waals surface area (Å²) in [6.45, 7) is 1.67. The topological polar surface area (TPSA) is 39.2 Å². The number of para-hydroxylation sites is 1. The van der Waals surface area contributed by atoms with Crippen molar-refractivity contribution in [2.75, 3.05) is 7.11 Å². The largest absolute Gasteiger partial charge is 0.496 e. The lowest BCUT2D eigenvalue weighted by molar-refractivity contribution is -0.117. The van der Waals surface area contributed by atoms with Gasteiger partial charge >= 0.3 is 0 Å². The molecule has 22 heavy (non-hydrogen) atoms. The summed E-state index contributed by atoms with van der Waals surface area (Å²) in [5.41, 5.74) is 2.09. The lowest BCUT2D eigenvalue weighted by Gasteiger charge is -2.08. The van der Waals surface area contributed by atoms with E-state index < -0.39 is 0 Å². The average Bonchev–Trinajstić information content (AvgIpc) is 2.52.